The van der Waals surface area contributed by atoms with Gasteiger partial charge in [-0.15, -0.1) is 0 Å². The summed E-state index contributed by atoms with van der Waals surface area (Å²) in [4.78, 5) is 14.2. The molecule has 1 aromatic rings. The number of rotatable bonds is 4. The van der Waals surface area contributed by atoms with E-state index in [9.17, 15) is 4.79 Å². The number of nitrogens with two attached hydrogens (primary N) is 1. The molecule has 1 fully saturated rings. The van der Waals surface area contributed by atoms with Crippen molar-refractivity contribution in [2.75, 3.05) is 13.6 Å². The van der Waals surface area contributed by atoms with Crippen molar-refractivity contribution in [3.63, 3.8) is 0 Å². The number of hydrogen-bond donors (Lipinski definition) is 1. The molecule has 18 heavy (non-hydrogen) atoms. The van der Waals surface area contributed by atoms with E-state index in [4.69, 9.17) is 5.73 Å². The Morgan fingerprint density at radius 1 is 1.56 bits per heavy atom. The quantitative estimate of drug-likeness (QED) is 0.929. The minimum atomic E-state index is 0.0538. The van der Waals surface area contributed by atoms with Crippen molar-refractivity contribution in [3.8, 4) is 0 Å². The standard InChI is InChI=1S/C14H19BrN2O/c1-9-3-4-11(7-12(9)15)14(18)17(2)13(8-16)10-5-6-10/h3-4,7,10,13H,5-6,8,16H2,1-2H3. The number of benzene rings is 1. The van der Waals surface area contributed by atoms with E-state index in [1.54, 1.807) is 4.90 Å². The second-order valence-corrected chi connectivity index (χ2v) is 5.87. The van der Waals surface area contributed by atoms with Gasteiger partial charge in [0, 0.05) is 29.7 Å². The monoisotopic (exact) mass is 310 g/mol. The predicted molar refractivity (Wildman–Crippen MR) is 76.5 cm³/mol. The van der Waals surface area contributed by atoms with Gasteiger partial charge in [0.2, 0.25) is 0 Å². The van der Waals surface area contributed by atoms with Crippen molar-refractivity contribution >= 4 is 21.8 Å². The molecule has 2 rings (SSSR count). The Bertz CT molecular complexity index is 457. The molecule has 0 aromatic heterocycles. The van der Waals surface area contributed by atoms with Crippen molar-refractivity contribution in [1.82, 2.24) is 4.90 Å². The van der Waals surface area contributed by atoms with Crippen LogP contribution in [-0.2, 0) is 0 Å². The normalized spacial score (nSPS) is 16.4. The first kappa shape index (κ1) is 13.6. The van der Waals surface area contributed by atoms with Crippen molar-refractivity contribution < 1.29 is 4.79 Å². The maximum absolute atomic E-state index is 12.4. The van der Waals surface area contributed by atoms with Crippen LogP contribution in [0.4, 0.5) is 0 Å². The van der Waals surface area contributed by atoms with E-state index in [1.807, 2.05) is 32.2 Å². The van der Waals surface area contributed by atoms with E-state index in [1.165, 1.54) is 12.8 Å². The van der Waals surface area contributed by atoms with Crippen LogP contribution >= 0.6 is 15.9 Å². The summed E-state index contributed by atoms with van der Waals surface area (Å²) in [5.74, 6) is 0.649. The van der Waals surface area contributed by atoms with Gasteiger partial charge in [-0.2, -0.15) is 0 Å². The first-order valence-corrected chi connectivity index (χ1v) is 7.07. The van der Waals surface area contributed by atoms with Gasteiger partial charge >= 0.3 is 0 Å². The number of carbonyl (C=O) groups is 1. The van der Waals surface area contributed by atoms with Crippen LogP contribution in [0.2, 0.25) is 0 Å². The Balaban J connectivity index is 2.16. The van der Waals surface area contributed by atoms with E-state index >= 15 is 0 Å². The third-order valence-electron chi connectivity index (χ3n) is 3.64. The third kappa shape index (κ3) is 2.75. The Kier molecular flexibility index (Phi) is 4.07. The third-order valence-corrected chi connectivity index (χ3v) is 4.50. The first-order valence-electron chi connectivity index (χ1n) is 6.28. The smallest absolute Gasteiger partial charge is 0.253 e. The maximum Gasteiger partial charge on any atom is 0.253 e. The van der Waals surface area contributed by atoms with Gasteiger partial charge in [0.25, 0.3) is 5.91 Å². The molecule has 1 unspecified atom stereocenters. The van der Waals surface area contributed by atoms with Crippen LogP contribution in [0.3, 0.4) is 0 Å². The highest BCUT2D eigenvalue weighted by Crippen LogP contribution is 2.35. The van der Waals surface area contributed by atoms with Gasteiger partial charge in [0.15, 0.2) is 0 Å². The number of aryl methyl sites for hydroxylation is 1. The van der Waals surface area contributed by atoms with Gasteiger partial charge in [0.1, 0.15) is 0 Å². The van der Waals surface area contributed by atoms with Crippen LogP contribution in [-0.4, -0.2) is 30.4 Å². The average Bonchev–Trinajstić information content (AvgIpc) is 3.17. The van der Waals surface area contributed by atoms with Gasteiger partial charge in [-0.1, -0.05) is 22.0 Å². The Labute approximate surface area is 116 Å². The molecular weight excluding hydrogens is 292 g/mol. The summed E-state index contributed by atoms with van der Waals surface area (Å²) in [5.41, 5.74) is 7.63. The van der Waals surface area contributed by atoms with E-state index < -0.39 is 0 Å². The lowest BCUT2D eigenvalue weighted by Crippen LogP contribution is -2.43. The number of likely N-dealkylation sites (N-methyl/N-ethyl adjacent to an activating group) is 1. The van der Waals surface area contributed by atoms with E-state index in [0.29, 0.717) is 18.0 Å². The topological polar surface area (TPSA) is 46.3 Å². The molecule has 1 aliphatic rings. The molecule has 0 aliphatic heterocycles. The van der Waals surface area contributed by atoms with Crippen LogP contribution < -0.4 is 5.73 Å². The van der Waals surface area contributed by atoms with E-state index in [0.717, 1.165) is 10.0 Å². The lowest BCUT2D eigenvalue weighted by Gasteiger charge is -2.27. The zero-order valence-electron chi connectivity index (χ0n) is 10.8. The molecule has 0 saturated heterocycles. The fraction of sp³-hybridized carbons (Fsp3) is 0.500. The Morgan fingerprint density at radius 3 is 2.72 bits per heavy atom. The summed E-state index contributed by atoms with van der Waals surface area (Å²) in [6.45, 7) is 2.55. The second kappa shape index (κ2) is 5.41. The molecule has 1 aromatic carbocycles. The second-order valence-electron chi connectivity index (χ2n) is 5.02. The number of amides is 1. The van der Waals surface area contributed by atoms with Crippen LogP contribution in [0.25, 0.3) is 0 Å². The molecule has 1 atom stereocenters. The highest BCUT2D eigenvalue weighted by molar-refractivity contribution is 9.10. The molecule has 0 spiro atoms. The molecule has 0 bridgehead atoms. The van der Waals surface area contributed by atoms with Crippen LogP contribution in [0.15, 0.2) is 22.7 Å². The molecular formula is C14H19BrN2O. The molecule has 1 aliphatic carbocycles. The molecule has 2 N–H and O–H groups in total. The van der Waals surface area contributed by atoms with Crippen LogP contribution in [0, 0.1) is 12.8 Å². The molecule has 0 heterocycles. The Morgan fingerprint density at radius 2 is 2.22 bits per heavy atom. The summed E-state index contributed by atoms with van der Waals surface area (Å²) < 4.78 is 0.970. The average molecular weight is 311 g/mol. The Hall–Kier alpha value is -0.870. The summed E-state index contributed by atoms with van der Waals surface area (Å²) in [6.07, 6.45) is 2.38. The molecule has 1 amide bonds. The van der Waals surface area contributed by atoms with Gasteiger partial charge in [0.05, 0.1) is 0 Å². The fourth-order valence-corrected chi connectivity index (χ4v) is 2.61. The summed E-state index contributed by atoms with van der Waals surface area (Å²) in [6, 6.07) is 5.89. The summed E-state index contributed by atoms with van der Waals surface area (Å²) >= 11 is 3.46. The fourth-order valence-electron chi connectivity index (χ4n) is 2.23. The van der Waals surface area contributed by atoms with Gasteiger partial charge < -0.3 is 10.6 Å². The highest BCUT2D eigenvalue weighted by atomic mass is 79.9. The SMILES string of the molecule is Cc1ccc(C(=O)N(C)C(CN)C2CC2)cc1Br. The van der Waals surface area contributed by atoms with Crippen LogP contribution in [0.1, 0.15) is 28.8 Å². The van der Waals surface area contributed by atoms with Crippen molar-refractivity contribution in [2.24, 2.45) is 11.7 Å². The predicted octanol–water partition coefficient (Wildman–Crippen LogP) is 2.57. The zero-order chi connectivity index (χ0) is 13.3. The van der Waals surface area contributed by atoms with E-state index in [2.05, 4.69) is 15.9 Å². The largest absolute Gasteiger partial charge is 0.337 e. The van der Waals surface area contributed by atoms with Gasteiger partial charge in [-0.3, -0.25) is 4.79 Å². The lowest BCUT2D eigenvalue weighted by atomic mass is 10.1. The van der Waals surface area contributed by atoms with Crippen molar-refractivity contribution in [3.05, 3.63) is 33.8 Å². The maximum atomic E-state index is 12.4. The summed E-state index contributed by atoms with van der Waals surface area (Å²) in [7, 11) is 1.85. The van der Waals surface area contributed by atoms with Crippen LogP contribution in [0.5, 0.6) is 0 Å². The van der Waals surface area contributed by atoms with Gasteiger partial charge in [-0.05, 0) is 43.4 Å². The number of carbonyl (C=O) groups excluding carboxylic acids is 1. The van der Waals surface area contributed by atoms with E-state index in [-0.39, 0.29) is 11.9 Å². The summed E-state index contributed by atoms with van der Waals surface area (Å²) in [5, 5.41) is 0. The van der Waals surface area contributed by atoms with Crippen molar-refractivity contribution in [2.45, 2.75) is 25.8 Å². The number of nitrogens with zero attached hydrogens (tertiary/aromatic N) is 1. The minimum Gasteiger partial charge on any atom is -0.337 e. The van der Waals surface area contributed by atoms with Crippen molar-refractivity contribution in [1.29, 1.82) is 0 Å². The molecule has 98 valence electrons. The molecule has 0 radical (unpaired) electrons. The minimum absolute atomic E-state index is 0.0538. The zero-order valence-corrected chi connectivity index (χ0v) is 12.4. The molecule has 3 nitrogen and oxygen atoms in total. The number of halogens is 1. The lowest BCUT2D eigenvalue weighted by molar-refractivity contribution is 0.0718. The highest BCUT2D eigenvalue weighted by Gasteiger charge is 2.35. The first-order chi connectivity index (χ1) is 8.54. The van der Waals surface area contributed by atoms with Gasteiger partial charge in [-0.25, -0.2) is 0 Å². The molecule has 1 saturated carbocycles. The number of hydrogen-bond acceptors (Lipinski definition) is 2. The molecule has 4 heteroatoms.